The second-order valence-electron chi connectivity index (χ2n) is 6.38. The van der Waals surface area contributed by atoms with Crippen LogP contribution in [0, 0.1) is 13.8 Å². The zero-order valence-corrected chi connectivity index (χ0v) is 15.6. The summed E-state index contributed by atoms with van der Waals surface area (Å²) in [7, 11) is 0. The molecule has 4 rings (SSSR count). The summed E-state index contributed by atoms with van der Waals surface area (Å²) < 4.78 is 11.6. The van der Waals surface area contributed by atoms with E-state index >= 15 is 0 Å². The summed E-state index contributed by atoms with van der Waals surface area (Å²) in [5.74, 6) is -0.0676. The average Bonchev–Trinajstić information content (AvgIpc) is 3.01. The lowest BCUT2D eigenvalue weighted by atomic mass is 10.0. The molecular formula is C22H16O4S. The topological polar surface area (TPSA) is 56.5 Å². The van der Waals surface area contributed by atoms with E-state index < -0.39 is 5.97 Å². The van der Waals surface area contributed by atoms with Gasteiger partial charge >= 0.3 is 10.9 Å². The minimum atomic E-state index is -0.444. The summed E-state index contributed by atoms with van der Waals surface area (Å²) in [5.41, 5.74) is 4.75. The highest BCUT2D eigenvalue weighted by atomic mass is 32.1. The number of carbonyl (C=O) groups is 1. The van der Waals surface area contributed by atoms with E-state index in [0.717, 1.165) is 33.6 Å². The molecule has 4 nitrogen and oxygen atoms in total. The van der Waals surface area contributed by atoms with Gasteiger partial charge in [-0.3, -0.25) is 0 Å². The van der Waals surface area contributed by atoms with Gasteiger partial charge in [0.2, 0.25) is 0 Å². The monoisotopic (exact) mass is 376 g/mol. The van der Waals surface area contributed by atoms with E-state index in [4.69, 9.17) is 9.15 Å². The molecule has 0 radical (unpaired) electrons. The Hall–Kier alpha value is -3.18. The van der Waals surface area contributed by atoms with E-state index in [0.29, 0.717) is 21.6 Å². The Bertz CT molecular complexity index is 1200. The molecular weight excluding hydrogens is 360 g/mol. The highest BCUT2D eigenvalue weighted by molar-refractivity contribution is 7.16. The first-order valence-corrected chi connectivity index (χ1v) is 9.25. The van der Waals surface area contributed by atoms with Crippen molar-refractivity contribution in [3.05, 3.63) is 87.1 Å². The maximum Gasteiger partial charge on any atom is 0.396 e. The van der Waals surface area contributed by atoms with Crippen molar-refractivity contribution < 1.29 is 13.9 Å². The van der Waals surface area contributed by atoms with Gasteiger partial charge in [-0.1, -0.05) is 58.9 Å². The minimum Gasteiger partial charge on any atom is -0.423 e. The van der Waals surface area contributed by atoms with Gasteiger partial charge in [-0.2, -0.15) is 0 Å². The van der Waals surface area contributed by atoms with Gasteiger partial charge in [0.05, 0.1) is 10.3 Å². The van der Waals surface area contributed by atoms with Crippen LogP contribution in [0.5, 0.6) is 5.75 Å². The number of carbonyl (C=O) groups excluding carboxylic acids is 1. The molecule has 0 fully saturated rings. The van der Waals surface area contributed by atoms with Crippen LogP contribution in [0.4, 0.5) is 0 Å². The van der Waals surface area contributed by atoms with Gasteiger partial charge in [-0.05, 0) is 37.6 Å². The summed E-state index contributed by atoms with van der Waals surface area (Å²) in [6, 6.07) is 18.4. The van der Waals surface area contributed by atoms with Crippen LogP contribution in [-0.4, -0.2) is 5.97 Å². The molecule has 0 atom stereocenters. The number of ether oxygens (including phenoxy) is 1. The van der Waals surface area contributed by atoms with E-state index in [-0.39, 0.29) is 4.94 Å². The highest BCUT2D eigenvalue weighted by Crippen LogP contribution is 2.35. The van der Waals surface area contributed by atoms with Gasteiger partial charge in [0.15, 0.2) is 5.58 Å². The van der Waals surface area contributed by atoms with Crippen molar-refractivity contribution in [3.63, 3.8) is 0 Å². The molecule has 0 bridgehead atoms. The molecule has 0 N–H and O–H groups in total. The number of rotatable bonds is 3. The zero-order valence-electron chi connectivity index (χ0n) is 14.8. The third kappa shape index (κ3) is 3.55. The van der Waals surface area contributed by atoms with Crippen molar-refractivity contribution in [3.8, 4) is 16.9 Å². The van der Waals surface area contributed by atoms with Crippen molar-refractivity contribution in [2.45, 2.75) is 13.8 Å². The Labute approximate surface area is 159 Å². The van der Waals surface area contributed by atoms with Gasteiger partial charge < -0.3 is 9.15 Å². The van der Waals surface area contributed by atoms with Gasteiger partial charge in [-0.25, -0.2) is 9.59 Å². The van der Waals surface area contributed by atoms with Crippen LogP contribution in [0.15, 0.2) is 69.9 Å². The summed E-state index contributed by atoms with van der Waals surface area (Å²) >= 11 is 0.991. The third-order valence-corrected chi connectivity index (χ3v) is 5.01. The molecule has 0 amide bonds. The maximum atomic E-state index is 12.5. The van der Waals surface area contributed by atoms with E-state index in [9.17, 15) is 9.59 Å². The van der Waals surface area contributed by atoms with Gasteiger partial charge in [0.25, 0.3) is 0 Å². The van der Waals surface area contributed by atoms with Crippen LogP contribution >= 0.6 is 11.3 Å². The lowest BCUT2D eigenvalue weighted by Gasteiger charge is -2.08. The van der Waals surface area contributed by atoms with Gasteiger partial charge in [-0.15, -0.1) is 0 Å². The fourth-order valence-corrected chi connectivity index (χ4v) is 3.62. The first kappa shape index (κ1) is 17.2. The van der Waals surface area contributed by atoms with E-state index in [1.165, 1.54) is 0 Å². The Morgan fingerprint density at radius 3 is 2.48 bits per heavy atom. The average molecular weight is 376 g/mol. The molecule has 0 unspecified atom stereocenters. The standard InChI is InChI=1S/C22H16O4S/c1-13-6-8-15(9-7-13)21(23)25-17-11-18(16-5-3-4-14(2)10-16)20-19(12-17)27-22(24)26-20/h3-12H,1-2H3. The minimum absolute atomic E-state index is 0.377. The number of esters is 1. The Balaban J connectivity index is 1.78. The van der Waals surface area contributed by atoms with Crippen LogP contribution in [0.1, 0.15) is 21.5 Å². The molecule has 0 aliphatic rings. The quantitative estimate of drug-likeness (QED) is 0.357. The fraction of sp³-hybridized carbons (Fsp3) is 0.0909. The van der Waals surface area contributed by atoms with E-state index in [1.54, 1.807) is 24.3 Å². The van der Waals surface area contributed by atoms with E-state index in [1.807, 2.05) is 50.2 Å². The number of aryl methyl sites for hydroxylation is 2. The van der Waals surface area contributed by atoms with Crippen molar-refractivity contribution in [1.29, 1.82) is 0 Å². The number of hydrogen-bond acceptors (Lipinski definition) is 5. The predicted octanol–water partition coefficient (Wildman–Crippen LogP) is 5.36. The molecule has 27 heavy (non-hydrogen) atoms. The predicted molar refractivity (Wildman–Crippen MR) is 107 cm³/mol. The van der Waals surface area contributed by atoms with Crippen LogP contribution in [-0.2, 0) is 0 Å². The molecule has 4 aromatic rings. The zero-order chi connectivity index (χ0) is 19.0. The van der Waals surface area contributed by atoms with Gasteiger partial charge in [0.1, 0.15) is 5.75 Å². The van der Waals surface area contributed by atoms with Crippen molar-refractivity contribution in [2.75, 3.05) is 0 Å². The Morgan fingerprint density at radius 2 is 1.74 bits per heavy atom. The molecule has 134 valence electrons. The molecule has 0 aliphatic carbocycles. The van der Waals surface area contributed by atoms with Crippen LogP contribution < -0.4 is 9.68 Å². The molecule has 3 aromatic carbocycles. The number of hydrogen-bond donors (Lipinski definition) is 0. The molecule has 1 aromatic heterocycles. The number of benzene rings is 3. The van der Waals surface area contributed by atoms with Crippen LogP contribution in [0.25, 0.3) is 21.4 Å². The Kier molecular flexibility index (Phi) is 4.38. The number of fused-ring (bicyclic) bond motifs is 1. The maximum absolute atomic E-state index is 12.5. The lowest BCUT2D eigenvalue weighted by molar-refractivity contribution is 0.0735. The van der Waals surface area contributed by atoms with Crippen LogP contribution in [0.2, 0.25) is 0 Å². The first-order valence-electron chi connectivity index (χ1n) is 8.43. The highest BCUT2D eigenvalue weighted by Gasteiger charge is 2.15. The molecule has 0 spiro atoms. The lowest BCUT2D eigenvalue weighted by Crippen LogP contribution is -2.08. The third-order valence-electron chi connectivity index (χ3n) is 4.23. The molecule has 1 heterocycles. The second-order valence-corrected chi connectivity index (χ2v) is 7.35. The van der Waals surface area contributed by atoms with Crippen molar-refractivity contribution in [2.24, 2.45) is 0 Å². The van der Waals surface area contributed by atoms with E-state index in [2.05, 4.69) is 0 Å². The second kappa shape index (κ2) is 6.85. The summed E-state index contributed by atoms with van der Waals surface area (Å²) in [6.45, 7) is 3.95. The van der Waals surface area contributed by atoms with Gasteiger partial charge in [0, 0.05) is 11.6 Å². The molecule has 5 heteroatoms. The van der Waals surface area contributed by atoms with Crippen molar-refractivity contribution in [1.82, 2.24) is 0 Å². The Morgan fingerprint density at radius 1 is 0.963 bits per heavy atom. The SMILES string of the molecule is Cc1ccc(C(=O)Oc2cc(-c3cccc(C)c3)c3oc(=O)sc3c2)cc1. The molecule has 0 saturated heterocycles. The molecule has 0 saturated carbocycles. The summed E-state index contributed by atoms with van der Waals surface area (Å²) in [5, 5.41) is 0. The largest absolute Gasteiger partial charge is 0.423 e. The fourth-order valence-electron chi connectivity index (χ4n) is 2.89. The first-order chi connectivity index (χ1) is 13.0. The normalized spacial score (nSPS) is 10.9. The van der Waals surface area contributed by atoms with Crippen molar-refractivity contribution >= 4 is 27.6 Å². The summed E-state index contributed by atoms with van der Waals surface area (Å²) in [4.78, 5) is 23.8. The summed E-state index contributed by atoms with van der Waals surface area (Å²) in [6.07, 6.45) is 0. The van der Waals surface area contributed by atoms with Crippen LogP contribution in [0.3, 0.4) is 0 Å². The smallest absolute Gasteiger partial charge is 0.396 e. The molecule has 0 aliphatic heterocycles.